The smallest absolute Gasteiger partial charge is 0.544 e. The van der Waals surface area contributed by atoms with Gasteiger partial charge in [-0.1, -0.05) is 0 Å². The maximum atomic E-state index is 9.09. The molecule has 4 atom stereocenters. The zero-order valence-electron chi connectivity index (χ0n) is 6.14. The average molecular weight is 353 g/mol. The second-order valence-electron chi connectivity index (χ2n) is 2.46. The molecule has 1 heterocycles. The van der Waals surface area contributed by atoms with Crippen LogP contribution in [0.25, 0.3) is 0 Å². The van der Waals surface area contributed by atoms with Gasteiger partial charge in [-0.25, -0.2) is 0 Å². The summed E-state index contributed by atoms with van der Waals surface area (Å²) < 4.78 is 4.69. The summed E-state index contributed by atoms with van der Waals surface area (Å²) in [5.74, 6) is 0. The summed E-state index contributed by atoms with van der Waals surface area (Å²) in [6, 6.07) is 0. The van der Waals surface area contributed by atoms with Crippen molar-refractivity contribution in [2.24, 2.45) is 0 Å². The fourth-order valence-electron chi connectivity index (χ4n) is 0.915. The standard InChI is InChI=1S/C6H11O5.Os/c7-1-4-6(10)5(9)3(8)2-11-4;/h2-10H,1H2;/q-1;+1. The minimum Gasteiger partial charge on any atom is -0.544 e. The second-order valence-corrected chi connectivity index (χ2v) is 2.46. The van der Waals surface area contributed by atoms with Gasteiger partial charge in [-0.2, -0.15) is 6.61 Å². The van der Waals surface area contributed by atoms with Crippen LogP contribution in [0.1, 0.15) is 0 Å². The van der Waals surface area contributed by atoms with Gasteiger partial charge in [0.05, 0.1) is 18.8 Å². The van der Waals surface area contributed by atoms with Gasteiger partial charge >= 0.3 is 19.8 Å². The van der Waals surface area contributed by atoms with Crippen molar-refractivity contribution in [3.05, 3.63) is 6.61 Å². The van der Waals surface area contributed by atoms with Crippen molar-refractivity contribution in [3.8, 4) is 0 Å². The molecule has 0 aromatic carbocycles. The number of aliphatic hydroxyl groups excluding tert-OH is 4. The van der Waals surface area contributed by atoms with Crippen LogP contribution in [0.5, 0.6) is 0 Å². The molecule has 1 saturated heterocycles. The number of ether oxygens (including phenoxy) is 1. The summed E-state index contributed by atoms with van der Waals surface area (Å²) in [4.78, 5) is 0. The van der Waals surface area contributed by atoms with Crippen LogP contribution in [0.4, 0.5) is 0 Å². The Morgan fingerprint density at radius 2 is 1.75 bits per heavy atom. The quantitative estimate of drug-likeness (QED) is 0.396. The first-order valence-corrected chi connectivity index (χ1v) is 3.30. The number of hydrogen-bond acceptors (Lipinski definition) is 5. The first-order chi connectivity index (χ1) is 5.16. The molecular weight excluding hydrogens is 342 g/mol. The molecule has 0 bridgehead atoms. The molecule has 1 aliphatic rings. The van der Waals surface area contributed by atoms with E-state index < -0.39 is 24.4 Å². The van der Waals surface area contributed by atoms with E-state index >= 15 is 0 Å². The van der Waals surface area contributed by atoms with Gasteiger partial charge in [0.15, 0.2) is 0 Å². The SMILES string of the molecule is OCC1O[CH-]C(O)C(O)C1O.[Os+]. The first kappa shape index (κ1) is 12.4. The summed E-state index contributed by atoms with van der Waals surface area (Å²) in [6.07, 6.45) is -4.54. The van der Waals surface area contributed by atoms with Crippen molar-refractivity contribution in [3.63, 3.8) is 0 Å². The Kier molecular flexibility index (Phi) is 5.42. The van der Waals surface area contributed by atoms with Crippen molar-refractivity contribution < 1.29 is 45.0 Å². The van der Waals surface area contributed by atoms with E-state index in [0.29, 0.717) is 0 Å². The van der Waals surface area contributed by atoms with Crippen LogP contribution in [-0.2, 0) is 24.5 Å². The van der Waals surface area contributed by atoms with E-state index in [-0.39, 0.29) is 26.4 Å². The van der Waals surface area contributed by atoms with Gasteiger partial charge in [-0.15, -0.1) is 0 Å². The average Bonchev–Trinajstić information content (AvgIpc) is 2.01. The molecule has 1 fully saturated rings. The summed E-state index contributed by atoms with van der Waals surface area (Å²) >= 11 is 0. The Hall–Kier alpha value is 0.436. The van der Waals surface area contributed by atoms with Crippen LogP contribution in [0.3, 0.4) is 0 Å². The Morgan fingerprint density at radius 3 is 2.25 bits per heavy atom. The number of rotatable bonds is 1. The van der Waals surface area contributed by atoms with Gasteiger partial charge in [-0.3, -0.25) is 0 Å². The minimum absolute atomic E-state index is 0. The molecule has 0 saturated carbocycles. The largest absolute Gasteiger partial charge is 1.00 e. The molecule has 1 aliphatic heterocycles. The molecule has 0 aromatic heterocycles. The van der Waals surface area contributed by atoms with E-state index in [1.54, 1.807) is 0 Å². The maximum absolute atomic E-state index is 9.09. The number of aliphatic hydroxyl groups is 4. The molecular formula is C6H11O5Os. The van der Waals surface area contributed by atoms with Gasteiger partial charge in [-0.05, 0) is 6.10 Å². The molecule has 73 valence electrons. The zero-order chi connectivity index (χ0) is 8.43. The molecule has 0 aliphatic carbocycles. The maximum Gasteiger partial charge on any atom is 1.00 e. The minimum atomic E-state index is -1.28. The third-order valence-electron chi connectivity index (χ3n) is 1.65. The summed E-state index contributed by atoms with van der Waals surface area (Å²) in [7, 11) is 0. The monoisotopic (exact) mass is 355 g/mol. The Bertz CT molecular complexity index is 131. The van der Waals surface area contributed by atoms with E-state index in [4.69, 9.17) is 20.4 Å². The van der Waals surface area contributed by atoms with Crippen LogP contribution < -0.4 is 0 Å². The van der Waals surface area contributed by atoms with Crippen molar-refractivity contribution in [1.29, 1.82) is 0 Å². The van der Waals surface area contributed by atoms with E-state index in [2.05, 4.69) is 4.74 Å². The van der Waals surface area contributed by atoms with Crippen LogP contribution in [0, 0.1) is 6.61 Å². The molecule has 1 rings (SSSR count). The Morgan fingerprint density at radius 1 is 1.17 bits per heavy atom. The van der Waals surface area contributed by atoms with Crippen LogP contribution >= 0.6 is 0 Å². The van der Waals surface area contributed by atoms with Crippen molar-refractivity contribution in [2.45, 2.75) is 24.4 Å². The second kappa shape index (κ2) is 5.23. The fraction of sp³-hybridized carbons (Fsp3) is 0.833. The van der Waals surface area contributed by atoms with Crippen molar-refractivity contribution >= 4 is 0 Å². The van der Waals surface area contributed by atoms with Crippen LogP contribution in [-0.4, -0.2) is 51.4 Å². The fourth-order valence-corrected chi connectivity index (χ4v) is 0.915. The van der Waals surface area contributed by atoms with Crippen LogP contribution in [0.2, 0.25) is 0 Å². The summed E-state index contributed by atoms with van der Waals surface area (Å²) in [5, 5.41) is 35.6. The molecule has 0 aromatic rings. The van der Waals surface area contributed by atoms with Crippen molar-refractivity contribution in [1.82, 2.24) is 0 Å². The van der Waals surface area contributed by atoms with Gasteiger partial charge in [0.2, 0.25) is 0 Å². The molecule has 12 heavy (non-hydrogen) atoms. The topological polar surface area (TPSA) is 90.2 Å². The van der Waals surface area contributed by atoms with Crippen LogP contribution in [0.15, 0.2) is 0 Å². The van der Waals surface area contributed by atoms with E-state index in [0.717, 1.165) is 6.61 Å². The first-order valence-electron chi connectivity index (χ1n) is 3.30. The van der Waals surface area contributed by atoms with Gasteiger partial charge < -0.3 is 25.2 Å². The zero-order valence-corrected chi connectivity index (χ0v) is 8.68. The number of hydrogen-bond donors (Lipinski definition) is 4. The Balaban J connectivity index is 0.00000121. The molecule has 0 amide bonds. The molecule has 5 nitrogen and oxygen atoms in total. The molecule has 4 unspecified atom stereocenters. The van der Waals surface area contributed by atoms with Gasteiger partial charge in [0, 0.05) is 0 Å². The van der Waals surface area contributed by atoms with Crippen molar-refractivity contribution in [2.75, 3.05) is 6.61 Å². The third kappa shape index (κ3) is 2.46. The predicted molar refractivity (Wildman–Crippen MR) is 34.3 cm³/mol. The molecule has 1 radical (unpaired) electrons. The van der Waals surface area contributed by atoms with E-state index in [1.165, 1.54) is 0 Å². The van der Waals surface area contributed by atoms with Gasteiger partial charge in [0.1, 0.15) is 6.10 Å². The Labute approximate surface area is 83.0 Å². The molecule has 4 N–H and O–H groups in total. The predicted octanol–water partition coefficient (Wildman–Crippen LogP) is -2.38. The summed E-state index contributed by atoms with van der Waals surface area (Å²) in [6.45, 7) is 0.611. The molecule has 6 heteroatoms. The van der Waals surface area contributed by atoms with E-state index in [9.17, 15) is 0 Å². The normalized spacial score (nSPS) is 42.0. The molecule has 0 spiro atoms. The van der Waals surface area contributed by atoms with E-state index in [1.807, 2.05) is 0 Å². The summed E-state index contributed by atoms with van der Waals surface area (Å²) in [5.41, 5.74) is 0. The third-order valence-corrected chi connectivity index (χ3v) is 1.65. The van der Waals surface area contributed by atoms with Gasteiger partial charge in [0.25, 0.3) is 0 Å².